The number of carbonyl (C=O) groups is 1. The van der Waals surface area contributed by atoms with Gasteiger partial charge in [-0.05, 0) is 37.5 Å². The van der Waals surface area contributed by atoms with Crippen LogP contribution in [-0.2, 0) is 4.79 Å². The van der Waals surface area contributed by atoms with Crippen LogP contribution in [-0.4, -0.2) is 68.4 Å². The van der Waals surface area contributed by atoms with Crippen molar-refractivity contribution < 1.29 is 24.9 Å². The van der Waals surface area contributed by atoms with Gasteiger partial charge >= 0.3 is 0 Å². The maximum absolute atomic E-state index is 13.2. The van der Waals surface area contributed by atoms with Crippen molar-refractivity contribution in [2.45, 2.75) is 119 Å². The molecule has 4 aliphatic carbocycles. The van der Waals surface area contributed by atoms with Crippen LogP contribution in [0, 0.1) is 38.0 Å². The summed E-state index contributed by atoms with van der Waals surface area (Å²) in [5.41, 5.74) is 0. The van der Waals surface area contributed by atoms with Gasteiger partial charge in [0, 0.05) is 22.3 Å². The van der Waals surface area contributed by atoms with Crippen LogP contribution >= 0.6 is 0 Å². The molecular formula is C23H37N5O7. The molecule has 9 unspecified atom stereocenters. The highest BCUT2D eigenvalue weighted by Gasteiger charge is 2.50. The maximum Gasteiger partial charge on any atom is 0.247 e. The van der Waals surface area contributed by atoms with E-state index in [1.807, 2.05) is 0 Å². The quantitative estimate of drug-likeness (QED) is 0.287. The monoisotopic (exact) mass is 495 g/mol. The molecule has 35 heavy (non-hydrogen) atoms. The van der Waals surface area contributed by atoms with Crippen molar-refractivity contribution in [3.05, 3.63) is 20.2 Å². The molecule has 1 amide bonds. The van der Waals surface area contributed by atoms with Crippen LogP contribution in [0.1, 0.15) is 77.0 Å². The number of nitrogens with one attached hydrogen (secondary N) is 1. The van der Waals surface area contributed by atoms with Crippen LogP contribution in [0.3, 0.4) is 0 Å². The molecule has 0 aromatic heterocycles. The van der Waals surface area contributed by atoms with Gasteiger partial charge in [0.25, 0.3) is 0 Å². The van der Waals surface area contributed by atoms with E-state index in [-0.39, 0.29) is 36.6 Å². The SMILES string of the molecule is O=C(NC1CCCCC1)C1CC2CCCCC2C(N=NC2CC([N+](=O)[O-])CC([N+](=O)[O-])C2O)C1O. The standard InChI is InChI=1S/C23H37N5O7/c29-21-17(23(31)24-14-7-2-1-3-8-14)10-13-6-4-5-9-16(13)20(21)26-25-18-11-15(27(32)33)12-19(22(18)30)28(34)35/h13-22,29-30H,1-12H2,(H,24,31). The number of aliphatic hydroxyl groups is 2. The molecule has 0 aliphatic heterocycles. The smallest absolute Gasteiger partial charge is 0.247 e. The Morgan fingerprint density at radius 2 is 1.51 bits per heavy atom. The lowest BCUT2D eigenvalue weighted by molar-refractivity contribution is -0.576. The molecule has 4 rings (SSSR count). The Labute approximate surface area is 204 Å². The Kier molecular flexibility index (Phi) is 8.31. The van der Waals surface area contributed by atoms with E-state index in [4.69, 9.17) is 0 Å². The number of fused-ring (bicyclic) bond motifs is 1. The zero-order valence-electron chi connectivity index (χ0n) is 20.0. The molecule has 9 atom stereocenters. The molecule has 0 aromatic carbocycles. The molecule has 12 heteroatoms. The first-order valence-corrected chi connectivity index (χ1v) is 13.1. The van der Waals surface area contributed by atoms with E-state index in [1.165, 1.54) is 6.42 Å². The number of nitrogens with zero attached hydrogens (tertiary/aromatic N) is 4. The second kappa shape index (κ2) is 11.2. The molecule has 12 nitrogen and oxygen atoms in total. The minimum atomic E-state index is -1.49. The zero-order chi connectivity index (χ0) is 25.1. The van der Waals surface area contributed by atoms with Crippen LogP contribution in [0.4, 0.5) is 0 Å². The van der Waals surface area contributed by atoms with Gasteiger partial charge in [-0.2, -0.15) is 10.2 Å². The number of carbonyl (C=O) groups excluding carboxylic acids is 1. The Bertz CT molecular complexity index is 820. The first kappa shape index (κ1) is 25.9. The lowest BCUT2D eigenvalue weighted by Gasteiger charge is -2.45. The molecule has 0 radical (unpaired) electrons. The van der Waals surface area contributed by atoms with Crippen molar-refractivity contribution in [1.29, 1.82) is 0 Å². The summed E-state index contributed by atoms with van der Waals surface area (Å²) in [5, 5.41) is 56.2. The molecule has 0 bridgehead atoms. The topological polar surface area (TPSA) is 181 Å². The summed E-state index contributed by atoms with van der Waals surface area (Å²) in [6.45, 7) is 0. The lowest BCUT2D eigenvalue weighted by atomic mass is 9.64. The van der Waals surface area contributed by atoms with E-state index in [2.05, 4.69) is 15.5 Å². The number of azo groups is 1. The third kappa shape index (κ3) is 5.79. The van der Waals surface area contributed by atoms with Crippen molar-refractivity contribution in [2.24, 2.45) is 28.0 Å². The maximum atomic E-state index is 13.2. The largest absolute Gasteiger partial charge is 0.390 e. The minimum Gasteiger partial charge on any atom is -0.390 e. The molecule has 196 valence electrons. The number of nitro groups is 2. The van der Waals surface area contributed by atoms with E-state index in [1.54, 1.807) is 0 Å². The zero-order valence-corrected chi connectivity index (χ0v) is 20.0. The van der Waals surface area contributed by atoms with Gasteiger partial charge in [-0.15, -0.1) is 0 Å². The van der Waals surface area contributed by atoms with Gasteiger partial charge < -0.3 is 15.5 Å². The molecule has 4 aliphatic rings. The minimum absolute atomic E-state index is 0.0274. The van der Waals surface area contributed by atoms with Gasteiger partial charge in [-0.3, -0.25) is 25.0 Å². The number of amides is 1. The van der Waals surface area contributed by atoms with Gasteiger partial charge in [-0.25, -0.2) is 0 Å². The number of aliphatic hydroxyl groups excluding tert-OH is 2. The molecule has 0 saturated heterocycles. The van der Waals surface area contributed by atoms with E-state index < -0.39 is 52.1 Å². The van der Waals surface area contributed by atoms with Crippen LogP contribution in [0.25, 0.3) is 0 Å². The Morgan fingerprint density at radius 3 is 2.20 bits per heavy atom. The highest BCUT2D eigenvalue weighted by molar-refractivity contribution is 5.80. The first-order valence-electron chi connectivity index (χ1n) is 13.1. The summed E-state index contributed by atoms with van der Waals surface area (Å²) in [6, 6.07) is -4.32. The Morgan fingerprint density at radius 1 is 0.829 bits per heavy atom. The number of hydrogen-bond donors (Lipinski definition) is 3. The van der Waals surface area contributed by atoms with E-state index in [0.717, 1.165) is 51.4 Å². The fourth-order valence-corrected chi connectivity index (χ4v) is 6.76. The van der Waals surface area contributed by atoms with Gasteiger partial charge in [0.2, 0.25) is 18.0 Å². The molecule has 3 N–H and O–H groups in total. The molecule has 0 spiro atoms. The predicted molar refractivity (Wildman–Crippen MR) is 124 cm³/mol. The fraction of sp³-hybridized carbons (Fsp3) is 0.957. The third-order valence-electron chi connectivity index (χ3n) is 8.75. The highest BCUT2D eigenvalue weighted by Crippen LogP contribution is 2.45. The average molecular weight is 496 g/mol. The summed E-state index contributed by atoms with van der Waals surface area (Å²) in [6.07, 6.45) is 6.58. The number of hydrogen-bond acceptors (Lipinski definition) is 9. The Balaban J connectivity index is 1.51. The normalized spacial score (nSPS) is 40.7. The summed E-state index contributed by atoms with van der Waals surface area (Å²) in [4.78, 5) is 34.6. The summed E-state index contributed by atoms with van der Waals surface area (Å²) in [7, 11) is 0. The number of rotatable bonds is 6. The van der Waals surface area contributed by atoms with Gasteiger partial charge in [0.15, 0.2) is 0 Å². The highest BCUT2D eigenvalue weighted by atomic mass is 16.6. The molecule has 4 saturated carbocycles. The van der Waals surface area contributed by atoms with Gasteiger partial charge in [0.05, 0.1) is 18.4 Å². The third-order valence-corrected chi connectivity index (χ3v) is 8.75. The predicted octanol–water partition coefficient (Wildman–Crippen LogP) is 2.26. The molecule has 4 fully saturated rings. The Hall–Kier alpha value is -2.21. The lowest BCUT2D eigenvalue weighted by Crippen LogP contribution is -2.54. The van der Waals surface area contributed by atoms with E-state index in [0.29, 0.717) is 6.42 Å². The van der Waals surface area contributed by atoms with Crippen LogP contribution in [0.2, 0.25) is 0 Å². The first-order chi connectivity index (χ1) is 16.8. The summed E-state index contributed by atoms with van der Waals surface area (Å²) in [5.74, 6) is -0.533. The van der Waals surface area contributed by atoms with Crippen molar-refractivity contribution in [2.75, 3.05) is 0 Å². The van der Waals surface area contributed by atoms with Crippen LogP contribution < -0.4 is 5.32 Å². The molecule has 0 heterocycles. The molecular weight excluding hydrogens is 458 g/mol. The fourth-order valence-electron chi connectivity index (χ4n) is 6.76. The van der Waals surface area contributed by atoms with E-state index >= 15 is 0 Å². The van der Waals surface area contributed by atoms with Crippen LogP contribution in [0.5, 0.6) is 0 Å². The van der Waals surface area contributed by atoms with Crippen molar-refractivity contribution >= 4 is 5.91 Å². The molecule has 0 aromatic rings. The van der Waals surface area contributed by atoms with Crippen LogP contribution in [0.15, 0.2) is 10.2 Å². The average Bonchev–Trinajstić information content (AvgIpc) is 2.84. The van der Waals surface area contributed by atoms with Crippen molar-refractivity contribution in [3.8, 4) is 0 Å². The van der Waals surface area contributed by atoms with Gasteiger partial charge in [-0.1, -0.05) is 38.5 Å². The second-order valence-electron chi connectivity index (χ2n) is 10.9. The van der Waals surface area contributed by atoms with E-state index in [9.17, 15) is 35.2 Å². The van der Waals surface area contributed by atoms with Gasteiger partial charge in [0.1, 0.15) is 18.2 Å². The van der Waals surface area contributed by atoms with Crippen molar-refractivity contribution in [3.63, 3.8) is 0 Å². The summed E-state index contributed by atoms with van der Waals surface area (Å²) >= 11 is 0. The second-order valence-corrected chi connectivity index (χ2v) is 10.9. The summed E-state index contributed by atoms with van der Waals surface area (Å²) < 4.78 is 0. The van der Waals surface area contributed by atoms with Crippen molar-refractivity contribution in [1.82, 2.24) is 5.32 Å².